The van der Waals surface area contributed by atoms with Gasteiger partial charge in [-0.05, 0) is 36.1 Å². The molecule has 0 bridgehead atoms. The molecule has 1 heterocycles. The Morgan fingerprint density at radius 2 is 1.59 bits per heavy atom. The molecular weight excluding hydrogens is 364 g/mol. The number of carbonyl (C=O) groups excluding carboxylic acids is 1. The molecule has 0 radical (unpaired) electrons. The minimum atomic E-state index is -0.518. The van der Waals surface area contributed by atoms with Crippen molar-refractivity contribution >= 4 is 24.0 Å². The predicted octanol–water partition coefficient (Wildman–Crippen LogP) is 3.52. The molecule has 1 aliphatic heterocycles. The summed E-state index contributed by atoms with van der Waals surface area (Å²) >= 11 is 0. The maximum atomic E-state index is 12.7. The summed E-state index contributed by atoms with van der Waals surface area (Å²) in [6.45, 7) is 2.63. The van der Waals surface area contributed by atoms with Crippen molar-refractivity contribution in [3.05, 3.63) is 65.7 Å². The Bertz CT molecular complexity index is 701. The van der Waals surface area contributed by atoms with Gasteiger partial charge in [-0.15, -0.1) is 12.4 Å². The molecule has 0 atom stereocenters. The molecule has 1 saturated heterocycles. The van der Waals surface area contributed by atoms with Gasteiger partial charge in [0.25, 0.3) is 0 Å². The zero-order valence-electron chi connectivity index (χ0n) is 15.4. The van der Waals surface area contributed by atoms with Crippen molar-refractivity contribution in [3.63, 3.8) is 0 Å². The van der Waals surface area contributed by atoms with Crippen LogP contribution in [0.3, 0.4) is 0 Å². The van der Waals surface area contributed by atoms with Gasteiger partial charge < -0.3 is 20.5 Å². The summed E-state index contributed by atoms with van der Waals surface area (Å²) in [6, 6.07) is 17.8. The van der Waals surface area contributed by atoms with Crippen LogP contribution in [0.1, 0.15) is 24.0 Å². The molecule has 3 N–H and O–H groups in total. The summed E-state index contributed by atoms with van der Waals surface area (Å²) in [4.78, 5) is 12.7. The van der Waals surface area contributed by atoms with Crippen LogP contribution in [0.4, 0.5) is 5.69 Å². The van der Waals surface area contributed by atoms with Crippen molar-refractivity contribution in [1.82, 2.24) is 0 Å². The van der Waals surface area contributed by atoms with Crippen LogP contribution in [0.25, 0.3) is 0 Å². The Kier molecular flexibility index (Phi) is 8.25. The van der Waals surface area contributed by atoms with E-state index in [4.69, 9.17) is 15.2 Å². The van der Waals surface area contributed by atoms with E-state index < -0.39 is 5.41 Å². The minimum Gasteiger partial charge on any atom is -0.381 e. The van der Waals surface area contributed by atoms with Gasteiger partial charge in [-0.25, -0.2) is 0 Å². The van der Waals surface area contributed by atoms with Crippen molar-refractivity contribution in [1.29, 1.82) is 0 Å². The Hall–Kier alpha value is -1.92. The Balaban J connectivity index is 0.00000261. The number of hydrogen-bond acceptors (Lipinski definition) is 4. The second-order valence-electron chi connectivity index (χ2n) is 6.73. The van der Waals surface area contributed by atoms with Gasteiger partial charge in [-0.2, -0.15) is 0 Å². The molecule has 1 aliphatic rings. The van der Waals surface area contributed by atoms with Crippen LogP contribution in [0.2, 0.25) is 0 Å². The highest BCUT2D eigenvalue weighted by Gasteiger charge is 2.38. The number of anilines is 1. The van der Waals surface area contributed by atoms with Gasteiger partial charge in [-0.3, -0.25) is 4.79 Å². The average molecular weight is 391 g/mol. The van der Waals surface area contributed by atoms with E-state index in [1.807, 2.05) is 54.6 Å². The average Bonchev–Trinajstić information content (AvgIpc) is 2.70. The van der Waals surface area contributed by atoms with E-state index in [0.717, 1.165) is 16.8 Å². The molecule has 146 valence electrons. The van der Waals surface area contributed by atoms with Crippen LogP contribution in [-0.4, -0.2) is 25.7 Å². The van der Waals surface area contributed by atoms with Gasteiger partial charge in [0.1, 0.15) is 0 Å². The van der Waals surface area contributed by atoms with Crippen LogP contribution in [-0.2, 0) is 27.5 Å². The maximum Gasteiger partial charge on any atom is 0.232 e. The molecule has 0 saturated carbocycles. The SMILES string of the molecule is Cl.NCC1(C(=O)Nc2ccc(COCc3ccccc3)cc2)CCOCC1. The molecule has 1 amide bonds. The first-order valence-electron chi connectivity index (χ1n) is 9.02. The topological polar surface area (TPSA) is 73.6 Å². The molecule has 0 spiro atoms. The minimum absolute atomic E-state index is 0. The number of halogens is 1. The van der Waals surface area contributed by atoms with Crippen LogP contribution < -0.4 is 11.1 Å². The fourth-order valence-corrected chi connectivity index (χ4v) is 3.09. The summed E-state index contributed by atoms with van der Waals surface area (Å²) < 4.78 is 11.1. The highest BCUT2D eigenvalue weighted by Crippen LogP contribution is 2.31. The van der Waals surface area contributed by atoms with E-state index in [9.17, 15) is 4.79 Å². The zero-order valence-corrected chi connectivity index (χ0v) is 16.2. The third kappa shape index (κ3) is 5.78. The second-order valence-corrected chi connectivity index (χ2v) is 6.73. The molecule has 3 rings (SSSR count). The van der Waals surface area contributed by atoms with Gasteiger partial charge in [0.2, 0.25) is 5.91 Å². The van der Waals surface area contributed by atoms with E-state index in [-0.39, 0.29) is 18.3 Å². The Morgan fingerprint density at radius 3 is 2.19 bits per heavy atom. The van der Waals surface area contributed by atoms with Crippen LogP contribution >= 0.6 is 12.4 Å². The quantitative estimate of drug-likeness (QED) is 0.758. The van der Waals surface area contributed by atoms with Gasteiger partial charge in [0, 0.05) is 25.4 Å². The van der Waals surface area contributed by atoms with E-state index in [2.05, 4.69) is 5.32 Å². The number of benzene rings is 2. The van der Waals surface area contributed by atoms with Crippen molar-refractivity contribution in [2.45, 2.75) is 26.1 Å². The standard InChI is InChI=1S/C21H26N2O3.ClH/c22-16-21(10-12-25-13-11-21)20(24)23-19-8-6-18(7-9-19)15-26-14-17-4-2-1-3-5-17;/h1-9H,10-16,22H2,(H,23,24);1H. The molecule has 6 heteroatoms. The van der Waals surface area contributed by atoms with Crippen LogP contribution in [0.5, 0.6) is 0 Å². The Morgan fingerprint density at radius 1 is 1.00 bits per heavy atom. The normalized spacial score (nSPS) is 15.6. The van der Waals surface area contributed by atoms with Crippen molar-refractivity contribution in [2.24, 2.45) is 11.1 Å². The molecular formula is C21H27ClN2O3. The number of amides is 1. The summed E-state index contributed by atoms with van der Waals surface area (Å²) in [6.07, 6.45) is 1.33. The molecule has 2 aromatic carbocycles. The largest absolute Gasteiger partial charge is 0.381 e. The maximum absolute atomic E-state index is 12.7. The summed E-state index contributed by atoms with van der Waals surface area (Å²) in [7, 11) is 0. The number of nitrogens with two attached hydrogens (primary N) is 1. The van der Waals surface area contributed by atoms with Crippen LogP contribution in [0, 0.1) is 5.41 Å². The predicted molar refractivity (Wildman–Crippen MR) is 109 cm³/mol. The molecule has 1 fully saturated rings. The highest BCUT2D eigenvalue weighted by atomic mass is 35.5. The third-order valence-electron chi connectivity index (χ3n) is 4.91. The Labute approximate surface area is 166 Å². The first kappa shape index (κ1) is 21.4. The number of rotatable bonds is 7. The van der Waals surface area contributed by atoms with E-state index in [0.29, 0.717) is 45.8 Å². The fourth-order valence-electron chi connectivity index (χ4n) is 3.09. The lowest BCUT2D eigenvalue weighted by Crippen LogP contribution is -2.46. The summed E-state index contributed by atoms with van der Waals surface area (Å²) in [5.74, 6) is -0.0172. The number of carbonyl (C=O) groups is 1. The summed E-state index contributed by atoms with van der Waals surface area (Å²) in [5.41, 5.74) is 8.37. The van der Waals surface area contributed by atoms with Crippen molar-refractivity contribution in [2.75, 3.05) is 25.1 Å². The van der Waals surface area contributed by atoms with Crippen molar-refractivity contribution in [3.8, 4) is 0 Å². The van der Waals surface area contributed by atoms with Gasteiger partial charge in [0.05, 0.1) is 18.6 Å². The number of hydrogen-bond donors (Lipinski definition) is 2. The molecule has 2 aromatic rings. The first-order valence-corrected chi connectivity index (χ1v) is 9.02. The third-order valence-corrected chi connectivity index (χ3v) is 4.91. The number of ether oxygens (including phenoxy) is 2. The van der Waals surface area contributed by atoms with E-state index >= 15 is 0 Å². The molecule has 5 nitrogen and oxygen atoms in total. The first-order chi connectivity index (χ1) is 12.7. The molecule has 27 heavy (non-hydrogen) atoms. The van der Waals surface area contributed by atoms with Gasteiger partial charge in [0.15, 0.2) is 0 Å². The second kappa shape index (κ2) is 10.4. The number of nitrogens with one attached hydrogen (secondary N) is 1. The molecule has 0 aromatic heterocycles. The van der Waals surface area contributed by atoms with E-state index in [1.54, 1.807) is 0 Å². The zero-order chi connectivity index (χ0) is 18.2. The lowest BCUT2D eigenvalue weighted by atomic mass is 9.79. The molecule has 0 unspecified atom stereocenters. The van der Waals surface area contributed by atoms with Crippen LogP contribution in [0.15, 0.2) is 54.6 Å². The van der Waals surface area contributed by atoms with E-state index in [1.165, 1.54) is 0 Å². The van der Waals surface area contributed by atoms with Gasteiger partial charge in [-0.1, -0.05) is 42.5 Å². The summed E-state index contributed by atoms with van der Waals surface area (Å²) in [5, 5.41) is 3.00. The van der Waals surface area contributed by atoms with Crippen molar-refractivity contribution < 1.29 is 14.3 Å². The lowest BCUT2D eigenvalue weighted by molar-refractivity contribution is -0.130. The highest BCUT2D eigenvalue weighted by molar-refractivity contribution is 5.95. The lowest BCUT2D eigenvalue weighted by Gasteiger charge is -2.34. The monoisotopic (exact) mass is 390 g/mol. The smallest absolute Gasteiger partial charge is 0.232 e. The fraction of sp³-hybridized carbons (Fsp3) is 0.381. The van der Waals surface area contributed by atoms with Gasteiger partial charge >= 0.3 is 0 Å². The molecule has 0 aliphatic carbocycles.